The summed E-state index contributed by atoms with van der Waals surface area (Å²) < 4.78 is 12.8. The van der Waals surface area contributed by atoms with E-state index in [9.17, 15) is 4.79 Å². The predicted octanol–water partition coefficient (Wildman–Crippen LogP) is 0.414. The number of carbonyl (C=O) groups excluding carboxylic acids is 1. The summed E-state index contributed by atoms with van der Waals surface area (Å²) >= 11 is 0. The van der Waals surface area contributed by atoms with Crippen LogP contribution in [0.1, 0.15) is 6.92 Å². The topological polar surface area (TPSA) is 65.0 Å². The molecule has 0 bridgehead atoms. The number of ether oxygens (including phenoxy) is 3. The smallest absolute Gasteiger partial charge is 0.438 e. The molecular weight excluding hydrogens is 164 g/mol. The van der Waals surface area contributed by atoms with Crippen LogP contribution in [0.15, 0.2) is 0 Å². The molecule has 1 N–H and O–H groups in total. The van der Waals surface area contributed by atoms with Gasteiger partial charge < -0.3 is 19.3 Å². The van der Waals surface area contributed by atoms with Crippen molar-refractivity contribution in [3.8, 4) is 0 Å². The number of rotatable bonds is 3. The van der Waals surface area contributed by atoms with E-state index in [-0.39, 0.29) is 6.61 Å². The van der Waals surface area contributed by atoms with Crippen molar-refractivity contribution in [1.29, 1.82) is 0 Å². The molecule has 0 aliphatic rings. The predicted molar refractivity (Wildman–Crippen MR) is 43.0 cm³/mol. The minimum atomic E-state index is -0.657. The van der Waals surface area contributed by atoms with Gasteiger partial charge in [-0.3, -0.25) is 0 Å². The van der Waals surface area contributed by atoms with Crippen LogP contribution in [0.4, 0.5) is 4.79 Å². The van der Waals surface area contributed by atoms with Crippen LogP contribution in [-0.4, -0.2) is 45.3 Å². The first-order valence-corrected chi connectivity index (χ1v) is 3.53. The van der Waals surface area contributed by atoms with Crippen molar-refractivity contribution in [2.24, 2.45) is 0 Å². The quantitative estimate of drug-likeness (QED) is 0.503. The Kier molecular flexibility index (Phi) is 14.7. The SMILES string of the molecule is CCOCCO.COC(=O)OC. The Labute approximate surface area is 72.2 Å². The maximum atomic E-state index is 9.74. The van der Waals surface area contributed by atoms with Crippen LogP contribution in [0.25, 0.3) is 0 Å². The molecule has 0 saturated heterocycles. The second-order valence-corrected chi connectivity index (χ2v) is 1.58. The molecule has 5 nitrogen and oxygen atoms in total. The summed E-state index contributed by atoms with van der Waals surface area (Å²) in [6.45, 7) is 3.20. The summed E-state index contributed by atoms with van der Waals surface area (Å²) in [7, 11) is 2.51. The van der Waals surface area contributed by atoms with Crippen molar-refractivity contribution in [3.05, 3.63) is 0 Å². The monoisotopic (exact) mass is 180 g/mol. The van der Waals surface area contributed by atoms with Gasteiger partial charge in [0.2, 0.25) is 0 Å². The van der Waals surface area contributed by atoms with Crippen molar-refractivity contribution in [2.45, 2.75) is 6.92 Å². The molecule has 0 spiro atoms. The standard InChI is InChI=1S/C4H10O2.C3H6O3/c1-2-6-4-3-5;1-5-3(4)6-2/h5H,2-4H2,1H3;1-2H3. The fourth-order valence-corrected chi connectivity index (χ4v) is 0.292. The molecule has 0 unspecified atom stereocenters. The molecule has 12 heavy (non-hydrogen) atoms. The largest absolute Gasteiger partial charge is 0.507 e. The minimum Gasteiger partial charge on any atom is -0.438 e. The normalized spacial score (nSPS) is 8.00. The zero-order valence-corrected chi connectivity index (χ0v) is 7.70. The van der Waals surface area contributed by atoms with Gasteiger partial charge in [0.25, 0.3) is 0 Å². The number of aliphatic hydroxyl groups is 1. The van der Waals surface area contributed by atoms with E-state index in [1.807, 2.05) is 6.92 Å². The number of methoxy groups -OCH3 is 2. The lowest BCUT2D eigenvalue weighted by atomic mass is 10.8. The maximum absolute atomic E-state index is 9.74. The van der Waals surface area contributed by atoms with Gasteiger partial charge in [0.1, 0.15) is 0 Å². The van der Waals surface area contributed by atoms with Crippen LogP contribution in [0.2, 0.25) is 0 Å². The molecule has 0 aliphatic carbocycles. The van der Waals surface area contributed by atoms with E-state index in [1.54, 1.807) is 0 Å². The van der Waals surface area contributed by atoms with E-state index in [0.29, 0.717) is 13.2 Å². The van der Waals surface area contributed by atoms with Crippen LogP contribution in [-0.2, 0) is 14.2 Å². The lowest BCUT2D eigenvalue weighted by molar-refractivity contribution is 0.0924. The minimum absolute atomic E-state index is 0.133. The summed E-state index contributed by atoms with van der Waals surface area (Å²) in [5, 5.41) is 8.07. The highest BCUT2D eigenvalue weighted by Crippen LogP contribution is 1.72. The summed E-state index contributed by atoms with van der Waals surface area (Å²) in [6.07, 6.45) is -0.657. The highest BCUT2D eigenvalue weighted by Gasteiger charge is 1.88. The van der Waals surface area contributed by atoms with Crippen molar-refractivity contribution < 1.29 is 24.1 Å². The van der Waals surface area contributed by atoms with Crippen LogP contribution in [0.3, 0.4) is 0 Å². The summed E-state index contributed by atoms with van der Waals surface area (Å²) in [4.78, 5) is 9.74. The van der Waals surface area contributed by atoms with Crippen LogP contribution < -0.4 is 0 Å². The summed E-state index contributed by atoms with van der Waals surface area (Å²) in [6, 6.07) is 0. The van der Waals surface area contributed by atoms with Crippen molar-refractivity contribution in [3.63, 3.8) is 0 Å². The fraction of sp³-hybridized carbons (Fsp3) is 0.857. The second kappa shape index (κ2) is 12.8. The summed E-state index contributed by atoms with van der Waals surface area (Å²) in [5.74, 6) is 0. The molecule has 0 aromatic rings. The Bertz CT molecular complexity index is 83.8. The average Bonchev–Trinajstić information content (AvgIpc) is 2.14. The van der Waals surface area contributed by atoms with E-state index in [1.165, 1.54) is 14.2 Å². The van der Waals surface area contributed by atoms with Gasteiger partial charge in [-0.2, -0.15) is 0 Å². The first-order valence-electron chi connectivity index (χ1n) is 3.53. The molecule has 74 valence electrons. The Morgan fingerprint density at radius 3 is 1.92 bits per heavy atom. The van der Waals surface area contributed by atoms with Gasteiger partial charge in [-0.05, 0) is 6.92 Å². The molecular formula is C7H16O5. The number of hydrogen-bond donors (Lipinski definition) is 1. The molecule has 0 atom stereocenters. The summed E-state index contributed by atoms with van der Waals surface area (Å²) in [5.41, 5.74) is 0. The molecule has 0 rings (SSSR count). The van der Waals surface area contributed by atoms with Crippen molar-refractivity contribution in [2.75, 3.05) is 34.0 Å². The van der Waals surface area contributed by atoms with E-state index >= 15 is 0 Å². The number of hydrogen-bond acceptors (Lipinski definition) is 5. The molecule has 0 fully saturated rings. The molecule has 0 aliphatic heterocycles. The highest BCUT2D eigenvalue weighted by atomic mass is 16.7. The van der Waals surface area contributed by atoms with Gasteiger partial charge in [0.05, 0.1) is 27.4 Å². The molecule has 5 heteroatoms. The van der Waals surface area contributed by atoms with Gasteiger partial charge in [0.15, 0.2) is 0 Å². The zero-order chi connectivity index (χ0) is 9.82. The Balaban J connectivity index is 0. The molecule has 0 heterocycles. The molecule has 0 saturated carbocycles. The lowest BCUT2D eigenvalue weighted by Crippen LogP contribution is -1.97. The van der Waals surface area contributed by atoms with Crippen molar-refractivity contribution in [1.82, 2.24) is 0 Å². The Morgan fingerprint density at radius 2 is 1.83 bits per heavy atom. The fourth-order valence-electron chi connectivity index (χ4n) is 0.292. The van der Waals surface area contributed by atoms with Gasteiger partial charge >= 0.3 is 6.16 Å². The van der Waals surface area contributed by atoms with E-state index in [0.717, 1.165) is 0 Å². The third-order valence-corrected chi connectivity index (χ3v) is 0.773. The molecule has 0 radical (unpaired) electrons. The number of carbonyl (C=O) groups is 1. The third-order valence-electron chi connectivity index (χ3n) is 0.773. The third kappa shape index (κ3) is 16.1. The van der Waals surface area contributed by atoms with Crippen LogP contribution in [0.5, 0.6) is 0 Å². The first kappa shape index (κ1) is 13.8. The molecule has 0 aromatic heterocycles. The zero-order valence-electron chi connectivity index (χ0n) is 7.70. The number of aliphatic hydroxyl groups excluding tert-OH is 1. The Morgan fingerprint density at radius 1 is 1.33 bits per heavy atom. The van der Waals surface area contributed by atoms with E-state index < -0.39 is 6.16 Å². The lowest BCUT2D eigenvalue weighted by Gasteiger charge is -1.91. The Hall–Kier alpha value is -0.810. The second-order valence-electron chi connectivity index (χ2n) is 1.58. The van der Waals surface area contributed by atoms with Gasteiger partial charge in [-0.1, -0.05) is 0 Å². The maximum Gasteiger partial charge on any atom is 0.507 e. The van der Waals surface area contributed by atoms with E-state index in [2.05, 4.69) is 9.47 Å². The average molecular weight is 180 g/mol. The van der Waals surface area contributed by atoms with Gasteiger partial charge in [-0.25, -0.2) is 4.79 Å². The molecule has 0 amide bonds. The van der Waals surface area contributed by atoms with Crippen LogP contribution >= 0.6 is 0 Å². The van der Waals surface area contributed by atoms with Crippen LogP contribution in [0, 0.1) is 0 Å². The van der Waals surface area contributed by atoms with E-state index in [4.69, 9.17) is 9.84 Å². The van der Waals surface area contributed by atoms with Gasteiger partial charge in [-0.15, -0.1) is 0 Å². The molecule has 0 aromatic carbocycles. The van der Waals surface area contributed by atoms with Gasteiger partial charge in [0, 0.05) is 6.61 Å². The highest BCUT2D eigenvalue weighted by molar-refractivity contribution is 5.59. The van der Waals surface area contributed by atoms with Crippen molar-refractivity contribution >= 4 is 6.16 Å². The first-order chi connectivity index (χ1) is 5.72.